The molecule has 0 bridgehead atoms. The molecule has 5 heteroatoms. The highest BCUT2D eigenvalue weighted by molar-refractivity contribution is 7.91. The Hall–Kier alpha value is -2.01. The quantitative estimate of drug-likeness (QED) is 0.888. The molecule has 2 aromatic rings. The molecule has 0 spiro atoms. The molecule has 0 unspecified atom stereocenters. The summed E-state index contributed by atoms with van der Waals surface area (Å²) in [7, 11) is -3.93. The third-order valence-corrected chi connectivity index (χ3v) is 6.17. The van der Waals surface area contributed by atoms with Gasteiger partial charge in [-0.2, -0.15) is 0 Å². The smallest absolute Gasteiger partial charge is 0.211 e. The third kappa shape index (κ3) is 2.46. The van der Waals surface area contributed by atoms with Gasteiger partial charge in [0.25, 0.3) is 0 Å². The summed E-state index contributed by atoms with van der Waals surface area (Å²) >= 11 is 0. The zero-order valence-electron chi connectivity index (χ0n) is 13.4. The minimum atomic E-state index is -3.93. The van der Waals surface area contributed by atoms with Crippen LogP contribution in [0.5, 0.6) is 11.5 Å². The lowest BCUT2D eigenvalue weighted by Gasteiger charge is -2.17. The van der Waals surface area contributed by atoms with Gasteiger partial charge in [-0.05, 0) is 69.0 Å². The van der Waals surface area contributed by atoms with Gasteiger partial charge in [0.05, 0.1) is 4.90 Å². The zero-order valence-corrected chi connectivity index (χ0v) is 14.2. The molecular weight excluding hydrogens is 300 g/mol. The van der Waals surface area contributed by atoms with E-state index >= 15 is 0 Å². The Kier molecular flexibility index (Phi) is 3.96. The molecule has 0 aromatic heterocycles. The molecule has 4 nitrogen and oxygen atoms in total. The van der Waals surface area contributed by atoms with Gasteiger partial charge in [-0.1, -0.05) is 6.07 Å². The molecule has 2 N–H and O–H groups in total. The number of benzene rings is 2. The van der Waals surface area contributed by atoms with Crippen molar-refractivity contribution in [3.63, 3.8) is 0 Å². The minimum absolute atomic E-state index is 0.0623. The Bertz CT molecular complexity index is 815. The second-order valence-electron chi connectivity index (χ2n) is 5.73. The Morgan fingerprint density at radius 2 is 1.32 bits per heavy atom. The van der Waals surface area contributed by atoms with Gasteiger partial charge < -0.3 is 10.2 Å². The first-order chi connectivity index (χ1) is 10.1. The summed E-state index contributed by atoms with van der Waals surface area (Å²) < 4.78 is 26.1. The normalized spacial score (nSPS) is 11.7. The van der Waals surface area contributed by atoms with Crippen LogP contribution in [-0.4, -0.2) is 18.6 Å². The van der Waals surface area contributed by atoms with Crippen molar-refractivity contribution < 1.29 is 18.6 Å². The number of hydrogen-bond acceptors (Lipinski definition) is 4. The summed E-state index contributed by atoms with van der Waals surface area (Å²) in [6.45, 7) is 8.46. The summed E-state index contributed by atoms with van der Waals surface area (Å²) in [6, 6.07) is 4.69. The zero-order chi connectivity index (χ0) is 16.8. The highest BCUT2D eigenvalue weighted by atomic mass is 32.2. The maximum atomic E-state index is 13.1. The van der Waals surface area contributed by atoms with Crippen molar-refractivity contribution in [3.8, 4) is 11.5 Å². The molecule has 0 atom stereocenters. The van der Waals surface area contributed by atoms with E-state index < -0.39 is 9.84 Å². The summed E-state index contributed by atoms with van der Waals surface area (Å²) in [5.41, 5.74) is 2.83. The van der Waals surface area contributed by atoms with Gasteiger partial charge in [-0.25, -0.2) is 8.42 Å². The van der Waals surface area contributed by atoms with Gasteiger partial charge in [-0.3, -0.25) is 0 Å². The van der Waals surface area contributed by atoms with Crippen LogP contribution in [0.3, 0.4) is 0 Å². The van der Waals surface area contributed by atoms with Gasteiger partial charge in [-0.15, -0.1) is 0 Å². The molecule has 0 fully saturated rings. The number of aryl methyl sites for hydroxylation is 3. The topological polar surface area (TPSA) is 74.6 Å². The number of sulfone groups is 1. The number of rotatable bonds is 2. The Labute approximate surface area is 131 Å². The van der Waals surface area contributed by atoms with Gasteiger partial charge in [0.1, 0.15) is 16.4 Å². The molecule has 0 saturated carbocycles. The van der Waals surface area contributed by atoms with Crippen molar-refractivity contribution in [3.05, 3.63) is 46.0 Å². The lowest BCUT2D eigenvalue weighted by atomic mass is 10.1. The van der Waals surface area contributed by atoms with Crippen LogP contribution >= 0.6 is 0 Å². The lowest BCUT2D eigenvalue weighted by molar-refractivity contribution is 0.456. The van der Waals surface area contributed by atoms with E-state index in [4.69, 9.17) is 0 Å². The van der Waals surface area contributed by atoms with Crippen LogP contribution in [0.2, 0.25) is 0 Å². The molecule has 0 heterocycles. The van der Waals surface area contributed by atoms with Gasteiger partial charge >= 0.3 is 0 Å². The fourth-order valence-electron chi connectivity index (χ4n) is 2.78. The lowest BCUT2D eigenvalue weighted by Crippen LogP contribution is -2.10. The molecule has 22 heavy (non-hydrogen) atoms. The van der Waals surface area contributed by atoms with Crippen LogP contribution in [0.25, 0.3) is 0 Å². The first kappa shape index (κ1) is 16.4. The molecule has 0 aliphatic carbocycles. The van der Waals surface area contributed by atoms with Crippen molar-refractivity contribution in [1.82, 2.24) is 0 Å². The summed E-state index contributed by atoms with van der Waals surface area (Å²) in [5.74, 6) is -0.330. The van der Waals surface area contributed by atoms with E-state index in [0.29, 0.717) is 22.3 Å². The fourth-order valence-corrected chi connectivity index (χ4v) is 4.88. The molecule has 0 amide bonds. The second kappa shape index (κ2) is 5.32. The van der Waals surface area contributed by atoms with Crippen LogP contribution in [-0.2, 0) is 9.84 Å². The average Bonchev–Trinajstić information content (AvgIpc) is 2.34. The Morgan fingerprint density at radius 1 is 0.727 bits per heavy atom. The van der Waals surface area contributed by atoms with Crippen LogP contribution in [0.1, 0.15) is 27.8 Å². The van der Waals surface area contributed by atoms with Gasteiger partial charge in [0, 0.05) is 5.56 Å². The van der Waals surface area contributed by atoms with Crippen LogP contribution in [0.15, 0.2) is 28.0 Å². The summed E-state index contributed by atoms with van der Waals surface area (Å²) in [5, 5.41) is 20.1. The predicted octanol–water partition coefficient (Wildman–Crippen LogP) is 3.47. The highest BCUT2D eigenvalue weighted by Gasteiger charge is 2.29. The van der Waals surface area contributed by atoms with E-state index in [1.165, 1.54) is 6.07 Å². The molecule has 2 aromatic carbocycles. The molecule has 0 aliphatic heterocycles. The Morgan fingerprint density at radius 3 is 1.86 bits per heavy atom. The van der Waals surface area contributed by atoms with E-state index in [0.717, 1.165) is 5.56 Å². The van der Waals surface area contributed by atoms with E-state index in [-0.39, 0.29) is 21.3 Å². The van der Waals surface area contributed by atoms with Crippen LogP contribution in [0, 0.1) is 34.6 Å². The first-order valence-electron chi connectivity index (χ1n) is 6.92. The number of phenols is 2. The largest absolute Gasteiger partial charge is 0.508 e. The van der Waals surface area contributed by atoms with Crippen molar-refractivity contribution in [1.29, 1.82) is 0 Å². The number of phenolic OH excluding ortho intramolecular Hbond substituents is 2. The SMILES string of the molecule is Cc1cc(C)c(S(=O)(=O)c2c(C)c(C)cc(O)c2C)c(O)c1. The van der Waals surface area contributed by atoms with E-state index in [1.54, 1.807) is 46.8 Å². The van der Waals surface area contributed by atoms with E-state index in [1.807, 2.05) is 0 Å². The first-order valence-corrected chi connectivity index (χ1v) is 8.40. The van der Waals surface area contributed by atoms with E-state index in [2.05, 4.69) is 0 Å². The summed E-state index contributed by atoms with van der Waals surface area (Å²) in [4.78, 5) is -0.0402. The fraction of sp³-hybridized carbons (Fsp3) is 0.294. The minimum Gasteiger partial charge on any atom is -0.508 e. The van der Waals surface area contributed by atoms with Crippen molar-refractivity contribution in [2.75, 3.05) is 0 Å². The van der Waals surface area contributed by atoms with Crippen LogP contribution in [0.4, 0.5) is 0 Å². The van der Waals surface area contributed by atoms with Crippen molar-refractivity contribution in [2.45, 2.75) is 44.4 Å². The molecule has 0 radical (unpaired) electrons. The Balaban J connectivity index is 2.89. The van der Waals surface area contributed by atoms with Crippen molar-refractivity contribution in [2.24, 2.45) is 0 Å². The monoisotopic (exact) mass is 320 g/mol. The maximum Gasteiger partial charge on any atom is 0.211 e. The second-order valence-corrected chi connectivity index (χ2v) is 7.55. The maximum absolute atomic E-state index is 13.1. The average molecular weight is 320 g/mol. The molecule has 0 saturated heterocycles. The molecule has 118 valence electrons. The molecular formula is C17H20O4S. The van der Waals surface area contributed by atoms with Gasteiger partial charge in [0.2, 0.25) is 9.84 Å². The standard InChI is InChI=1S/C17H20O4S/c1-9-6-11(3)16(15(19)7-9)22(20,21)17-12(4)10(2)8-14(18)13(17)5/h6-8,18-19H,1-5H3. The van der Waals surface area contributed by atoms with Crippen molar-refractivity contribution >= 4 is 9.84 Å². The summed E-state index contributed by atoms with van der Waals surface area (Å²) in [6.07, 6.45) is 0. The molecule has 2 rings (SSSR count). The highest BCUT2D eigenvalue weighted by Crippen LogP contribution is 2.38. The van der Waals surface area contributed by atoms with Crippen LogP contribution < -0.4 is 0 Å². The molecule has 0 aliphatic rings. The van der Waals surface area contributed by atoms with E-state index in [9.17, 15) is 18.6 Å². The number of hydrogen-bond donors (Lipinski definition) is 2. The predicted molar refractivity (Wildman–Crippen MR) is 85.4 cm³/mol. The van der Waals surface area contributed by atoms with Gasteiger partial charge in [0.15, 0.2) is 0 Å². The third-order valence-electron chi connectivity index (χ3n) is 3.95. The number of aromatic hydroxyl groups is 2.